The zero-order chi connectivity index (χ0) is 12.3. The van der Waals surface area contributed by atoms with Gasteiger partial charge in [0.15, 0.2) is 17.3 Å². The smallest absolute Gasteiger partial charge is 0.312 e. The number of benzene rings is 1. The molecule has 0 saturated heterocycles. The molecule has 16 heavy (non-hydrogen) atoms. The SMILES string of the molecule is COc1ccc(C(CN)C(=O)O)c(F)c1O. The number of rotatable bonds is 4. The van der Waals surface area contributed by atoms with Crippen LogP contribution in [-0.4, -0.2) is 29.8 Å². The summed E-state index contributed by atoms with van der Waals surface area (Å²) in [6.45, 7) is -0.252. The van der Waals surface area contributed by atoms with E-state index in [1.54, 1.807) is 0 Å². The number of aliphatic carboxylic acids is 1. The molecular formula is C10H12FNO4. The van der Waals surface area contributed by atoms with Gasteiger partial charge in [-0.2, -0.15) is 0 Å². The molecule has 4 N–H and O–H groups in total. The lowest BCUT2D eigenvalue weighted by atomic mass is 9.98. The second kappa shape index (κ2) is 4.80. The van der Waals surface area contributed by atoms with Gasteiger partial charge in [-0.3, -0.25) is 4.79 Å². The van der Waals surface area contributed by atoms with Crippen LogP contribution < -0.4 is 10.5 Å². The third-order valence-electron chi connectivity index (χ3n) is 2.24. The van der Waals surface area contributed by atoms with E-state index < -0.39 is 23.5 Å². The Bertz CT molecular complexity index is 408. The van der Waals surface area contributed by atoms with Crippen molar-refractivity contribution >= 4 is 5.97 Å². The molecule has 0 amide bonds. The first-order valence-corrected chi connectivity index (χ1v) is 4.51. The maximum absolute atomic E-state index is 13.6. The van der Waals surface area contributed by atoms with E-state index in [-0.39, 0.29) is 17.9 Å². The summed E-state index contributed by atoms with van der Waals surface area (Å²) >= 11 is 0. The number of carbonyl (C=O) groups is 1. The van der Waals surface area contributed by atoms with Crippen LogP contribution in [0.15, 0.2) is 12.1 Å². The Balaban J connectivity index is 3.25. The summed E-state index contributed by atoms with van der Waals surface area (Å²) < 4.78 is 18.3. The molecule has 6 heteroatoms. The third-order valence-corrected chi connectivity index (χ3v) is 2.24. The molecule has 0 bridgehead atoms. The highest BCUT2D eigenvalue weighted by atomic mass is 19.1. The highest BCUT2D eigenvalue weighted by Gasteiger charge is 2.24. The standard InChI is InChI=1S/C10H12FNO4/c1-16-7-3-2-5(8(11)9(7)13)6(4-12)10(14)15/h2-3,6,13H,4,12H2,1H3,(H,14,15). The normalized spacial score (nSPS) is 12.2. The fourth-order valence-electron chi connectivity index (χ4n) is 1.36. The fraction of sp³-hybridized carbons (Fsp3) is 0.300. The quantitative estimate of drug-likeness (QED) is 0.705. The van der Waals surface area contributed by atoms with Crippen molar-refractivity contribution in [1.82, 2.24) is 0 Å². The van der Waals surface area contributed by atoms with Gasteiger partial charge in [-0.05, 0) is 6.07 Å². The number of hydrogen-bond donors (Lipinski definition) is 3. The molecule has 1 unspecified atom stereocenters. The van der Waals surface area contributed by atoms with Gasteiger partial charge in [-0.15, -0.1) is 0 Å². The molecular weight excluding hydrogens is 217 g/mol. The number of halogens is 1. The van der Waals surface area contributed by atoms with Crippen LogP contribution in [-0.2, 0) is 4.79 Å². The van der Waals surface area contributed by atoms with E-state index in [1.807, 2.05) is 0 Å². The molecule has 0 saturated carbocycles. The zero-order valence-electron chi connectivity index (χ0n) is 8.61. The van der Waals surface area contributed by atoms with Gasteiger partial charge in [0.25, 0.3) is 0 Å². The highest BCUT2D eigenvalue weighted by molar-refractivity contribution is 5.77. The monoisotopic (exact) mass is 229 g/mol. The lowest BCUT2D eigenvalue weighted by Crippen LogP contribution is -2.22. The number of phenolic OH excluding ortho intramolecular Hbond substituents is 1. The van der Waals surface area contributed by atoms with Crippen molar-refractivity contribution in [2.45, 2.75) is 5.92 Å². The lowest BCUT2D eigenvalue weighted by Gasteiger charge is -2.13. The Morgan fingerprint density at radius 2 is 2.25 bits per heavy atom. The van der Waals surface area contributed by atoms with Crippen molar-refractivity contribution in [3.63, 3.8) is 0 Å². The average Bonchev–Trinajstić information content (AvgIpc) is 2.25. The fourth-order valence-corrected chi connectivity index (χ4v) is 1.36. The van der Waals surface area contributed by atoms with E-state index in [0.29, 0.717) is 0 Å². The molecule has 0 aliphatic carbocycles. The van der Waals surface area contributed by atoms with Crippen LogP contribution >= 0.6 is 0 Å². The van der Waals surface area contributed by atoms with Crippen LogP contribution in [0.1, 0.15) is 11.5 Å². The molecule has 0 radical (unpaired) electrons. The molecule has 1 rings (SSSR count). The third kappa shape index (κ3) is 2.06. The Labute approximate surface area is 91.3 Å². The number of aromatic hydroxyl groups is 1. The van der Waals surface area contributed by atoms with Crippen molar-refractivity contribution in [1.29, 1.82) is 0 Å². The van der Waals surface area contributed by atoms with E-state index in [9.17, 15) is 14.3 Å². The van der Waals surface area contributed by atoms with Crippen molar-refractivity contribution in [2.75, 3.05) is 13.7 Å². The summed E-state index contributed by atoms with van der Waals surface area (Å²) in [5, 5.41) is 18.2. The van der Waals surface area contributed by atoms with Crippen molar-refractivity contribution < 1.29 is 24.1 Å². The first kappa shape index (κ1) is 12.3. The van der Waals surface area contributed by atoms with E-state index in [1.165, 1.54) is 19.2 Å². The van der Waals surface area contributed by atoms with Gasteiger partial charge in [0.2, 0.25) is 0 Å². The Morgan fingerprint density at radius 3 is 2.69 bits per heavy atom. The number of hydrogen-bond acceptors (Lipinski definition) is 4. The Kier molecular flexibility index (Phi) is 3.68. The van der Waals surface area contributed by atoms with Gasteiger partial charge in [0, 0.05) is 12.1 Å². The van der Waals surface area contributed by atoms with Crippen molar-refractivity contribution in [3.05, 3.63) is 23.5 Å². The van der Waals surface area contributed by atoms with Gasteiger partial charge >= 0.3 is 5.97 Å². The molecule has 5 nitrogen and oxygen atoms in total. The number of carboxylic acids is 1. The Hall–Kier alpha value is -1.82. The molecule has 0 aliphatic heterocycles. The summed E-state index contributed by atoms with van der Waals surface area (Å²) in [5.41, 5.74) is 5.08. The van der Waals surface area contributed by atoms with Crippen LogP contribution in [0.3, 0.4) is 0 Å². The lowest BCUT2D eigenvalue weighted by molar-refractivity contribution is -0.138. The first-order chi connectivity index (χ1) is 7.52. The molecule has 0 aliphatic rings. The second-order valence-electron chi connectivity index (χ2n) is 3.15. The van der Waals surface area contributed by atoms with Crippen LogP contribution in [0.5, 0.6) is 11.5 Å². The van der Waals surface area contributed by atoms with E-state index in [2.05, 4.69) is 4.74 Å². The predicted octanol–water partition coefficient (Wildman–Crippen LogP) is 0.667. The maximum Gasteiger partial charge on any atom is 0.312 e. The summed E-state index contributed by atoms with van der Waals surface area (Å²) in [6, 6.07) is 2.53. The van der Waals surface area contributed by atoms with Gasteiger partial charge in [-0.25, -0.2) is 4.39 Å². The minimum absolute atomic E-state index is 0.0533. The van der Waals surface area contributed by atoms with Crippen LogP contribution in [0.4, 0.5) is 4.39 Å². The van der Waals surface area contributed by atoms with Gasteiger partial charge in [0.1, 0.15) is 0 Å². The molecule has 0 spiro atoms. The first-order valence-electron chi connectivity index (χ1n) is 4.51. The number of nitrogens with two attached hydrogens (primary N) is 1. The second-order valence-corrected chi connectivity index (χ2v) is 3.15. The van der Waals surface area contributed by atoms with E-state index >= 15 is 0 Å². The molecule has 0 fully saturated rings. The molecule has 88 valence electrons. The highest BCUT2D eigenvalue weighted by Crippen LogP contribution is 2.33. The molecule has 0 heterocycles. The molecule has 1 aromatic rings. The van der Waals surface area contributed by atoms with Crippen LogP contribution in [0.2, 0.25) is 0 Å². The number of ether oxygens (including phenoxy) is 1. The average molecular weight is 229 g/mol. The van der Waals surface area contributed by atoms with Crippen molar-refractivity contribution in [3.8, 4) is 11.5 Å². The summed E-state index contributed by atoms with van der Waals surface area (Å²) in [5.74, 6) is -4.21. The minimum atomic E-state index is -1.24. The molecule has 0 aromatic heterocycles. The van der Waals surface area contributed by atoms with E-state index in [4.69, 9.17) is 10.8 Å². The van der Waals surface area contributed by atoms with E-state index in [0.717, 1.165) is 0 Å². The largest absolute Gasteiger partial charge is 0.502 e. The predicted molar refractivity (Wildman–Crippen MR) is 54.0 cm³/mol. The maximum atomic E-state index is 13.6. The zero-order valence-corrected chi connectivity index (χ0v) is 8.61. The molecule has 1 aromatic carbocycles. The van der Waals surface area contributed by atoms with Gasteiger partial charge in [-0.1, -0.05) is 6.07 Å². The summed E-state index contributed by atoms with van der Waals surface area (Å²) in [6.07, 6.45) is 0. The number of methoxy groups -OCH3 is 1. The van der Waals surface area contributed by atoms with Gasteiger partial charge < -0.3 is 20.7 Å². The topological polar surface area (TPSA) is 92.8 Å². The minimum Gasteiger partial charge on any atom is -0.502 e. The summed E-state index contributed by atoms with van der Waals surface area (Å²) in [4.78, 5) is 10.8. The molecule has 1 atom stereocenters. The number of phenols is 1. The van der Waals surface area contributed by atoms with Crippen molar-refractivity contribution in [2.24, 2.45) is 5.73 Å². The number of carboxylic acid groups (broad SMARTS) is 1. The van der Waals surface area contributed by atoms with Crippen LogP contribution in [0, 0.1) is 5.82 Å². The van der Waals surface area contributed by atoms with Gasteiger partial charge in [0.05, 0.1) is 13.0 Å². The Morgan fingerprint density at radius 1 is 1.62 bits per heavy atom. The van der Waals surface area contributed by atoms with Crippen LogP contribution in [0.25, 0.3) is 0 Å². The summed E-state index contributed by atoms with van der Waals surface area (Å²) in [7, 11) is 1.27.